The largest absolute Gasteiger partial charge is 0.369 e. The van der Waals surface area contributed by atoms with Crippen LogP contribution in [-0.2, 0) is 0 Å². The Balaban J connectivity index is 2.11. The molecule has 0 spiro atoms. The third-order valence-corrected chi connectivity index (χ3v) is 5.03. The zero-order chi connectivity index (χ0) is 14.5. The van der Waals surface area contributed by atoms with Crippen LogP contribution in [0.1, 0.15) is 45.6 Å². The minimum absolute atomic E-state index is 0.349. The summed E-state index contributed by atoms with van der Waals surface area (Å²) in [7, 11) is 0. The predicted octanol–water partition coefficient (Wildman–Crippen LogP) is 5.07. The topological polar surface area (TPSA) is 43.8 Å². The lowest BCUT2D eigenvalue weighted by Crippen LogP contribution is -2.25. The molecule has 2 N–H and O–H groups in total. The van der Waals surface area contributed by atoms with Crippen LogP contribution in [0.15, 0.2) is 12.1 Å². The SMILES string of the molecule is CC1(C)CCCC(n2c(N)nc3cc(Cl)c(Cl)cc32)C1. The van der Waals surface area contributed by atoms with Crippen molar-refractivity contribution in [1.82, 2.24) is 9.55 Å². The summed E-state index contributed by atoms with van der Waals surface area (Å²) in [6.45, 7) is 4.64. The number of aromatic nitrogens is 2. The molecule has 1 aromatic heterocycles. The van der Waals surface area contributed by atoms with Gasteiger partial charge in [0, 0.05) is 6.04 Å². The Morgan fingerprint density at radius 3 is 2.70 bits per heavy atom. The number of rotatable bonds is 1. The third kappa shape index (κ3) is 2.38. The fraction of sp³-hybridized carbons (Fsp3) is 0.533. The van der Waals surface area contributed by atoms with E-state index < -0.39 is 0 Å². The minimum Gasteiger partial charge on any atom is -0.369 e. The van der Waals surface area contributed by atoms with Crippen LogP contribution in [-0.4, -0.2) is 9.55 Å². The van der Waals surface area contributed by atoms with E-state index >= 15 is 0 Å². The monoisotopic (exact) mass is 311 g/mol. The highest BCUT2D eigenvalue weighted by molar-refractivity contribution is 6.42. The zero-order valence-electron chi connectivity index (χ0n) is 11.8. The molecule has 1 aromatic carbocycles. The molecule has 0 bridgehead atoms. The van der Waals surface area contributed by atoms with Gasteiger partial charge in [-0.1, -0.05) is 43.5 Å². The Kier molecular flexibility index (Phi) is 3.38. The molecule has 3 nitrogen and oxygen atoms in total. The molecule has 5 heteroatoms. The summed E-state index contributed by atoms with van der Waals surface area (Å²) in [4.78, 5) is 4.44. The summed E-state index contributed by atoms with van der Waals surface area (Å²) >= 11 is 12.2. The number of nitrogens with two attached hydrogens (primary N) is 1. The Morgan fingerprint density at radius 2 is 2.00 bits per heavy atom. The van der Waals surface area contributed by atoms with E-state index in [4.69, 9.17) is 28.9 Å². The molecule has 0 amide bonds. The maximum absolute atomic E-state index is 6.15. The Bertz CT molecular complexity index is 661. The lowest BCUT2D eigenvalue weighted by molar-refractivity contribution is 0.187. The molecule has 0 radical (unpaired) electrons. The number of benzene rings is 1. The number of fused-ring (bicyclic) bond motifs is 1. The third-order valence-electron chi connectivity index (χ3n) is 4.30. The summed E-state index contributed by atoms with van der Waals surface area (Å²) in [5, 5.41) is 1.07. The van der Waals surface area contributed by atoms with E-state index in [0.29, 0.717) is 27.5 Å². The Hall–Kier alpha value is -0.930. The molecule has 2 aromatic rings. The molecule has 1 atom stereocenters. The zero-order valence-corrected chi connectivity index (χ0v) is 13.3. The number of anilines is 1. The van der Waals surface area contributed by atoms with Crippen LogP contribution in [0.3, 0.4) is 0 Å². The fourth-order valence-corrected chi connectivity index (χ4v) is 3.69. The lowest BCUT2D eigenvalue weighted by Gasteiger charge is -2.36. The van der Waals surface area contributed by atoms with Crippen molar-refractivity contribution >= 4 is 40.2 Å². The summed E-state index contributed by atoms with van der Waals surface area (Å²) in [5.74, 6) is 0.557. The van der Waals surface area contributed by atoms with E-state index in [1.54, 1.807) is 6.07 Å². The highest BCUT2D eigenvalue weighted by Gasteiger charge is 2.30. The first-order valence-electron chi connectivity index (χ1n) is 7.00. The van der Waals surface area contributed by atoms with Gasteiger partial charge in [0.2, 0.25) is 5.95 Å². The van der Waals surface area contributed by atoms with E-state index in [1.807, 2.05) is 6.07 Å². The summed E-state index contributed by atoms with van der Waals surface area (Å²) < 4.78 is 2.14. The summed E-state index contributed by atoms with van der Waals surface area (Å²) in [6.07, 6.45) is 4.74. The highest BCUT2D eigenvalue weighted by Crippen LogP contribution is 2.43. The molecule has 1 aliphatic rings. The second-order valence-corrected chi connectivity index (χ2v) is 7.32. The van der Waals surface area contributed by atoms with Gasteiger partial charge >= 0.3 is 0 Å². The van der Waals surface area contributed by atoms with Gasteiger partial charge in [-0.05, 0) is 36.8 Å². The Labute approximate surface area is 129 Å². The fourth-order valence-electron chi connectivity index (χ4n) is 3.37. The lowest BCUT2D eigenvalue weighted by atomic mass is 9.75. The van der Waals surface area contributed by atoms with Crippen molar-refractivity contribution in [2.24, 2.45) is 5.41 Å². The number of nitrogen functional groups attached to an aromatic ring is 1. The van der Waals surface area contributed by atoms with Gasteiger partial charge in [0.1, 0.15) is 0 Å². The Morgan fingerprint density at radius 1 is 1.30 bits per heavy atom. The smallest absolute Gasteiger partial charge is 0.201 e. The average Bonchev–Trinajstić information content (AvgIpc) is 2.64. The van der Waals surface area contributed by atoms with Crippen molar-refractivity contribution in [3.63, 3.8) is 0 Å². The first-order chi connectivity index (χ1) is 9.37. The van der Waals surface area contributed by atoms with Gasteiger partial charge in [-0.15, -0.1) is 0 Å². The van der Waals surface area contributed by atoms with E-state index in [0.717, 1.165) is 23.9 Å². The van der Waals surface area contributed by atoms with Gasteiger partial charge in [0.25, 0.3) is 0 Å². The van der Waals surface area contributed by atoms with Crippen molar-refractivity contribution in [2.45, 2.75) is 45.6 Å². The number of hydrogen-bond acceptors (Lipinski definition) is 2. The molecule has 0 aliphatic heterocycles. The van der Waals surface area contributed by atoms with Crippen LogP contribution in [0.2, 0.25) is 10.0 Å². The molecule has 3 rings (SSSR count). The molecule has 20 heavy (non-hydrogen) atoms. The van der Waals surface area contributed by atoms with Gasteiger partial charge in [-0.3, -0.25) is 0 Å². The van der Waals surface area contributed by atoms with E-state index in [9.17, 15) is 0 Å². The second kappa shape index (κ2) is 4.81. The highest BCUT2D eigenvalue weighted by atomic mass is 35.5. The van der Waals surface area contributed by atoms with Gasteiger partial charge < -0.3 is 10.3 Å². The van der Waals surface area contributed by atoms with Crippen molar-refractivity contribution < 1.29 is 0 Å². The molecule has 108 valence electrons. The number of halogens is 2. The maximum atomic E-state index is 6.15. The van der Waals surface area contributed by atoms with Crippen LogP contribution in [0.4, 0.5) is 5.95 Å². The summed E-state index contributed by atoms with van der Waals surface area (Å²) in [6, 6.07) is 4.06. The number of nitrogens with zero attached hydrogens (tertiary/aromatic N) is 2. The van der Waals surface area contributed by atoms with Crippen LogP contribution in [0.25, 0.3) is 11.0 Å². The van der Waals surface area contributed by atoms with Crippen LogP contribution in [0.5, 0.6) is 0 Å². The van der Waals surface area contributed by atoms with Gasteiger partial charge in [-0.2, -0.15) is 0 Å². The molecule has 1 saturated carbocycles. The minimum atomic E-state index is 0.349. The molecule has 1 fully saturated rings. The van der Waals surface area contributed by atoms with E-state index in [-0.39, 0.29) is 0 Å². The molecule has 1 aliphatic carbocycles. The maximum Gasteiger partial charge on any atom is 0.201 e. The molecular formula is C15H19Cl2N3. The molecule has 1 unspecified atom stereocenters. The van der Waals surface area contributed by atoms with Gasteiger partial charge in [0.05, 0.1) is 21.1 Å². The van der Waals surface area contributed by atoms with Crippen LogP contribution >= 0.6 is 23.2 Å². The first-order valence-corrected chi connectivity index (χ1v) is 7.75. The molecular weight excluding hydrogens is 293 g/mol. The predicted molar refractivity (Wildman–Crippen MR) is 85.5 cm³/mol. The second-order valence-electron chi connectivity index (χ2n) is 6.51. The normalized spacial score (nSPS) is 22.3. The van der Waals surface area contributed by atoms with Gasteiger partial charge in [0.15, 0.2) is 0 Å². The number of imidazole rings is 1. The van der Waals surface area contributed by atoms with Crippen molar-refractivity contribution in [1.29, 1.82) is 0 Å². The van der Waals surface area contributed by atoms with Crippen LogP contribution in [0, 0.1) is 5.41 Å². The first kappa shape index (κ1) is 14.0. The standard InChI is InChI=1S/C15H19Cl2N3/c1-15(2)5-3-4-9(8-15)20-13-7-11(17)10(16)6-12(13)19-14(20)18/h6-7,9H,3-5,8H2,1-2H3,(H2,18,19). The van der Waals surface area contributed by atoms with E-state index in [1.165, 1.54) is 12.8 Å². The molecule has 0 saturated heterocycles. The summed E-state index contributed by atoms with van der Waals surface area (Å²) in [5.41, 5.74) is 8.29. The van der Waals surface area contributed by atoms with E-state index in [2.05, 4.69) is 23.4 Å². The van der Waals surface area contributed by atoms with Crippen molar-refractivity contribution in [3.8, 4) is 0 Å². The van der Waals surface area contributed by atoms with Gasteiger partial charge in [-0.25, -0.2) is 4.98 Å². The quantitative estimate of drug-likeness (QED) is 0.799. The average molecular weight is 312 g/mol. The van der Waals surface area contributed by atoms with Crippen molar-refractivity contribution in [3.05, 3.63) is 22.2 Å². The van der Waals surface area contributed by atoms with Crippen LogP contribution < -0.4 is 5.73 Å². The number of hydrogen-bond donors (Lipinski definition) is 1. The van der Waals surface area contributed by atoms with Crippen molar-refractivity contribution in [2.75, 3.05) is 5.73 Å². The molecule has 1 heterocycles.